The maximum Gasteiger partial charge on any atom is 0.326 e. The molecule has 0 spiro atoms. The van der Waals surface area contributed by atoms with Crippen LogP contribution in [-0.4, -0.2) is 59.9 Å². The fourth-order valence-corrected chi connectivity index (χ4v) is 4.55. The van der Waals surface area contributed by atoms with E-state index in [1.807, 2.05) is 12.1 Å². The van der Waals surface area contributed by atoms with Crippen molar-refractivity contribution in [1.82, 2.24) is 15.1 Å². The summed E-state index contributed by atoms with van der Waals surface area (Å²) in [7, 11) is 0. The molecule has 0 aromatic heterocycles. The van der Waals surface area contributed by atoms with Gasteiger partial charge in [0.1, 0.15) is 6.54 Å². The molecule has 1 N–H and O–H groups in total. The van der Waals surface area contributed by atoms with Crippen LogP contribution in [0.2, 0.25) is 0 Å². The molecule has 33 heavy (non-hydrogen) atoms. The van der Waals surface area contributed by atoms with Crippen molar-refractivity contribution in [2.24, 2.45) is 5.92 Å². The summed E-state index contributed by atoms with van der Waals surface area (Å²) in [6, 6.07) is 17.4. The monoisotopic (exact) mass is 449 g/mol. The predicted octanol–water partition coefficient (Wildman–Crippen LogP) is 2.28. The predicted molar refractivity (Wildman–Crippen MR) is 120 cm³/mol. The number of likely N-dealkylation sites (tertiary alicyclic amines) is 1. The zero-order valence-electron chi connectivity index (χ0n) is 18.5. The van der Waals surface area contributed by atoms with Crippen LogP contribution in [-0.2, 0) is 24.7 Å². The van der Waals surface area contributed by atoms with E-state index in [2.05, 4.69) is 5.32 Å². The van der Waals surface area contributed by atoms with Crippen LogP contribution in [0, 0.1) is 5.92 Å². The van der Waals surface area contributed by atoms with E-state index < -0.39 is 23.4 Å². The number of carbonyl (C=O) groups excluding carboxylic acids is 4. The summed E-state index contributed by atoms with van der Waals surface area (Å²) in [6.07, 6.45) is 1.31. The van der Waals surface area contributed by atoms with E-state index in [0.29, 0.717) is 30.5 Å². The molecule has 0 radical (unpaired) electrons. The van der Waals surface area contributed by atoms with Gasteiger partial charge in [0.25, 0.3) is 5.91 Å². The number of benzene rings is 2. The zero-order chi connectivity index (χ0) is 23.4. The molecule has 0 aliphatic carbocycles. The highest BCUT2D eigenvalue weighted by atomic mass is 16.5. The number of rotatable bonds is 6. The largest absolute Gasteiger partial charge is 0.466 e. The second-order valence-electron chi connectivity index (χ2n) is 8.23. The van der Waals surface area contributed by atoms with Gasteiger partial charge in [0.15, 0.2) is 5.54 Å². The Balaban J connectivity index is 1.57. The first-order chi connectivity index (χ1) is 16.0. The van der Waals surface area contributed by atoms with Gasteiger partial charge in [-0.15, -0.1) is 0 Å². The van der Waals surface area contributed by atoms with Crippen molar-refractivity contribution in [3.8, 4) is 0 Å². The standard InChI is InChI=1S/C25H27N3O5/c1-2-33-22(30)18-10-9-15-27(16-18)21(29)17-28-23(31)25(26-24(28)32,19-11-5-3-6-12-19)20-13-7-4-8-14-20/h3-8,11-14,18H,2,9-10,15-17H2,1H3,(H,26,32)/t18-/m0/s1. The first-order valence-corrected chi connectivity index (χ1v) is 11.2. The van der Waals surface area contributed by atoms with Crippen molar-refractivity contribution in [2.75, 3.05) is 26.2 Å². The van der Waals surface area contributed by atoms with Gasteiger partial charge in [-0.2, -0.15) is 0 Å². The smallest absolute Gasteiger partial charge is 0.326 e. The van der Waals surface area contributed by atoms with E-state index in [1.54, 1.807) is 55.5 Å². The second kappa shape index (κ2) is 9.44. The minimum absolute atomic E-state index is 0.226. The van der Waals surface area contributed by atoms with Gasteiger partial charge in [0, 0.05) is 13.1 Å². The van der Waals surface area contributed by atoms with E-state index in [-0.39, 0.29) is 31.6 Å². The van der Waals surface area contributed by atoms with Gasteiger partial charge in [-0.05, 0) is 30.9 Å². The molecule has 2 aromatic carbocycles. The number of ether oxygens (including phenoxy) is 1. The lowest BCUT2D eigenvalue weighted by atomic mass is 9.82. The van der Waals surface area contributed by atoms with Crippen molar-refractivity contribution >= 4 is 23.8 Å². The van der Waals surface area contributed by atoms with E-state index in [9.17, 15) is 19.2 Å². The first kappa shape index (κ1) is 22.5. The van der Waals surface area contributed by atoms with Gasteiger partial charge in [0.05, 0.1) is 12.5 Å². The summed E-state index contributed by atoms with van der Waals surface area (Å²) in [5.41, 5.74) is -0.176. The third kappa shape index (κ3) is 4.20. The number of urea groups is 1. The molecule has 1 atom stereocenters. The number of esters is 1. The second-order valence-corrected chi connectivity index (χ2v) is 8.23. The average molecular weight is 450 g/mol. The van der Waals surface area contributed by atoms with Crippen LogP contribution in [0.15, 0.2) is 60.7 Å². The van der Waals surface area contributed by atoms with E-state index >= 15 is 0 Å². The van der Waals surface area contributed by atoms with Crippen LogP contribution >= 0.6 is 0 Å². The van der Waals surface area contributed by atoms with Crippen molar-refractivity contribution in [1.29, 1.82) is 0 Å². The molecule has 4 rings (SSSR count). The number of piperidine rings is 1. The van der Waals surface area contributed by atoms with Gasteiger partial charge in [-0.25, -0.2) is 4.79 Å². The Kier molecular flexibility index (Phi) is 6.44. The summed E-state index contributed by atoms with van der Waals surface area (Å²) >= 11 is 0. The number of amides is 4. The lowest BCUT2D eigenvalue weighted by Crippen LogP contribution is -2.49. The average Bonchev–Trinajstić information content (AvgIpc) is 3.11. The van der Waals surface area contributed by atoms with Crippen molar-refractivity contribution in [3.63, 3.8) is 0 Å². The van der Waals surface area contributed by atoms with Crippen LogP contribution in [0.1, 0.15) is 30.9 Å². The molecule has 2 aliphatic rings. The van der Waals surface area contributed by atoms with Gasteiger partial charge >= 0.3 is 12.0 Å². The van der Waals surface area contributed by atoms with Crippen LogP contribution in [0.3, 0.4) is 0 Å². The molecule has 2 fully saturated rings. The quantitative estimate of drug-likeness (QED) is 0.539. The molecular formula is C25H27N3O5. The van der Waals surface area contributed by atoms with E-state index in [0.717, 1.165) is 4.90 Å². The Morgan fingerprint density at radius 1 is 1.03 bits per heavy atom. The summed E-state index contributed by atoms with van der Waals surface area (Å²) in [5, 5.41) is 2.84. The molecular weight excluding hydrogens is 422 g/mol. The highest BCUT2D eigenvalue weighted by Gasteiger charge is 2.54. The topological polar surface area (TPSA) is 96.0 Å². The maximum atomic E-state index is 13.7. The van der Waals surface area contributed by atoms with Crippen molar-refractivity contribution in [2.45, 2.75) is 25.3 Å². The molecule has 0 saturated carbocycles. The maximum absolute atomic E-state index is 13.7. The third-order valence-electron chi connectivity index (χ3n) is 6.21. The Bertz CT molecular complexity index is 1000. The third-order valence-corrected chi connectivity index (χ3v) is 6.21. The van der Waals surface area contributed by atoms with Crippen LogP contribution < -0.4 is 5.32 Å². The molecule has 2 aliphatic heterocycles. The number of hydrogen-bond acceptors (Lipinski definition) is 5. The first-order valence-electron chi connectivity index (χ1n) is 11.2. The lowest BCUT2D eigenvalue weighted by Gasteiger charge is -2.32. The normalized spacial score (nSPS) is 19.8. The summed E-state index contributed by atoms with van der Waals surface area (Å²) in [6.45, 7) is 2.34. The number of nitrogens with zero attached hydrogens (tertiary/aromatic N) is 2. The van der Waals surface area contributed by atoms with Gasteiger partial charge in [-0.3, -0.25) is 19.3 Å². The minimum atomic E-state index is -1.41. The van der Waals surface area contributed by atoms with Crippen molar-refractivity contribution < 1.29 is 23.9 Å². The van der Waals surface area contributed by atoms with Gasteiger partial charge in [0.2, 0.25) is 5.91 Å². The summed E-state index contributed by atoms with van der Waals surface area (Å²) in [5.74, 6) is -1.59. The highest BCUT2D eigenvalue weighted by molar-refractivity contribution is 6.11. The van der Waals surface area contributed by atoms with Gasteiger partial charge < -0.3 is 15.0 Å². The number of hydrogen-bond donors (Lipinski definition) is 1. The molecule has 0 bridgehead atoms. The summed E-state index contributed by atoms with van der Waals surface area (Å²) < 4.78 is 5.10. The molecule has 172 valence electrons. The fraction of sp³-hybridized carbons (Fsp3) is 0.360. The lowest BCUT2D eigenvalue weighted by molar-refractivity contribution is -0.151. The number of nitrogens with one attached hydrogen (secondary N) is 1. The molecule has 2 heterocycles. The Hall–Kier alpha value is -3.68. The molecule has 2 saturated heterocycles. The van der Waals surface area contributed by atoms with Gasteiger partial charge in [-0.1, -0.05) is 60.7 Å². The molecule has 0 unspecified atom stereocenters. The van der Waals surface area contributed by atoms with E-state index in [1.165, 1.54) is 4.90 Å². The van der Waals surface area contributed by atoms with Crippen LogP contribution in [0.4, 0.5) is 4.79 Å². The van der Waals surface area contributed by atoms with Crippen LogP contribution in [0.5, 0.6) is 0 Å². The Morgan fingerprint density at radius 3 is 2.21 bits per heavy atom. The fourth-order valence-electron chi connectivity index (χ4n) is 4.55. The Labute approximate surface area is 192 Å². The minimum Gasteiger partial charge on any atom is -0.466 e. The number of imide groups is 1. The van der Waals surface area contributed by atoms with Crippen LogP contribution in [0.25, 0.3) is 0 Å². The molecule has 4 amide bonds. The zero-order valence-corrected chi connectivity index (χ0v) is 18.5. The molecule has 8 nitrogen and oxygen atoms in total. The van der Waals surface area contributed by atoms with Crippen molar-refractivity contribution in [3.05, 3.63) is 71.8 Å². The Morgan fingerprint density at radius 2 is 1.64 bits per heavy atom. The SMILES string of the molecule is CCOC(=O)[C@H]1CCCN(C(=O)CN2C(=O)NC(c3ccccc3)(c3ccccc3)C2=O)C1. The number of carbonyl (C=O) groups is 4. The summed E-state index contributed by atoms with van der Waals surface area (Å²) in [4.78, 5) is 54.4. The highest BCUT2D eigenvalue weighted by Crippen LogP contribution is 2.36. The molecule has 2 aromatic rings. The molecule has 8 heteroatoms. The van der Waals surface area contributed by atoms with E-state index in [4.69, 9.17) is 4.74 Å².